The van der Waals surface area contributed by atoms with Crippen molar-refractivity contribution in [2.24, 2.45) is 5.41 Å². The monoisotopic (exact) mass is 234 g/mol. The molecule has 0 saturated carbocycles. The zero-order chi connectivity index (χ0) is 12.9. The van der Waals surface area contributed by atoms with Crippen LogP contribution in [0.1, 0.15) is 26.3 Å². The molecule has 0 aliphatic carbocycles. The third kappa shape index (κ3) is 6.32. The molecular formula is C15H26N2. The molecule has 0 radical (unpaired) electrons. The number of aryl methyl sites for hydroxylation is 1. The predicted molar refractivity (Wildman–Crippen MR) is 76.6 cm³/mol. The summed E-state index contributed by atoms with van der Waals surface area (Å²) in [6.45, 7) is 12.1. The summed E-state index contributed by atoms with van der Waals surface area (Å²) in [7, 11) is 2.18. The van der Waals surface area contributed by atoms with Gasteiger partial charge in [0.25, 0.3) is 0 Å². The minimum Gasteiger partial charge on any atom is -0.384 e. The van der Waals surface area contributed by atoms with Crippen LogP contribution < -0.4 is 5.32 Å². The van der Waals surface area contributed by atoms with Crippen LogP contribution in [0.5, 0.6) is 0 Å². The van der Waals surface area contributed by atoms with Gasteiger partial charge in [0.05, 0.1) is 0 Å². The van der Waals surface area contributed by atoms with Gasteiger partial charge in [0.1, 0.15) is 0 Å². The summed E-state index contributed by atoms with van der Waals surface area (Å²) in [6.07, 6.45) is 0. The fourth-order valence-corrected chi connectivity index (χ4v) is 1.95. The van der Waals surface area contributed by atoms with E-state index in [0.29, 0.717) is 5.41 Å². The molecule has 0 bridgehead atoms. The highest BCUT2D eigenvalue weighted by molar-refractivity contribution is 5.44. The molecule has 2 heteroatoms. The van der Waals surface area contributed by atoms with Crippen molar-refractivity contribution in [3.05, 3.63) is 29.8 Å². The Bertz CT molecular complexity index is 322. The number of likely N-dealkylation sites (N-methyl/N-ethyl adjacent to an activating group) is 1. The highest BCUT2D eigenvalue weighted by Crippen LogP contribution is 2.14. The summed E-state index contributed by atoms with van der Waals surface area (Å²) in [6, 6.07) is 8.56. The Balaban J connectivity index is 2.26. The third-order valence-corrected chi connectivity index (χ3v) is 2.62. The normalized spacial score (nSPS) is 11.9. The average molecular weight is 234 g/mol. The lowest BCUT2D eigenvalue weighted by molar-refractivity contribution is 0.233. The summed E-state index contributed by atoms with van der Waals surface area (Å²) in [4.78, 5) is 2.38. The minimum absolute atomic E-state index is 0.374. The van der Waals surface area contributed by atoms with E-state index >= 15 is 0 Å². The molecule has 0 aromatic heterocycles. The van der Waals surface area contributed by atoms with Crippen molar-refractivity contribution < 1.29 is 0 Å². The number of benzene rings is 1. The van der Waals surface area contributed by atoms with Crippen LogP contribution in [-0.4, -0.2) is 31.6 Å². The first kappa shape index (κ1) is 14.0. The zero-order valence-corrected chi connectivity index (χ0v) is 11.9. The Hall–Kier alpha value is -1.02. The van der Waals surface area contributed by atoms with E-state index in [0.717, 1.165) is 19.6 Å². The summed E-state index contributed by atoms with van der Waals surface area (Å²) >= 11 is 0. The molecule has 1 rings (SSSR count). The van der Waals surface area contributed by atoms with Gasteiger partial charge in [-0.15, -0.1) is 0 Å². The molecule has 96 valence electrons. The van der Waals surface area contributed by atoms with Gasteiger partial charge in [-0.2, -0.15) is 0 Å². The summed E-state index contributed by atoms with van der Waals surface area (Å²) < 4.78 is 0. The second kappa shape index (κ2) is 6.06. The van der Waals surface area contributed by atoms with E-state index in [-0.39, 0.29) is 0 Å². The molecule has 0 aliphatic rings. The molecule has 2 nitrogen and oxygen atoms in total. The van der Waals surface area contributed by atoms with Crippen molar-refractivity contribution in [1.29, 1.82) is 0 Å². The first-order chi connectivity index (χ1) is 7.87. The predicted octanol–water partition coefficient (Wildman–Crippen LogP) is 3.38. The Kier molecular flexibility index (Phi) is 5.01. The zero-order valence-electron chi connectivity index (χ0n) is 11.9. The number of hydrogen-bond donors (Lipinski definition) is 1. The lowest BCUT2D eigenvalue weighted by Gasteiger charge is -2.26. The van der Waals surface area contributed by atoms with Gasteiger partial charge in [-0.25, -0.2) is 0 Å². The molecule has 0 spiro atoms. The van der Waals surface area contributed by atoms with Gasteiger partial charge < -0.3 is 10.2 Å². The molecule has 0 amide bonds. The number of anilines is 1. The topological polar surface area (TPSA) is 15.3 Å². The number of hydrogen-bond acceptors (Lipinski definition) is 2. The molecule has 0 unspecified atom stereocenters. The van der Waals surface area contributed by atoms with Gasteiger partial charge in [-0.05, 0) is 31.5 Å². The van der Waals surface area contributed by atoms with Gasteiger partial charge in [0.2, 0.25) is 0 Å². The van der Waals surface area contributed by atoms with Crippen molar-refractivity contribution >= 4 is 5.69 Å². The van der Waals surface area contributed by atoms with Crippen LogP contribution in [0.4, 0.5) is 5.69 Å². The molecule has 0 atom stereocenters. The lowest BCUT2D eigenvalue weighted by Crippen LogP contribution is -2.32. The van der Waals surface area contributed by atoms with Gasteiger partial charge >= 0.3 is 0 Å². The van der Waals surface area contributed by atoms with Crippen molar-refractivity contribution in [1.82, 2.24) is 4.90 Å². The van der Waals surface area contributed by atoms with Crippen LogP contribution in [0.15, 0.2) is 24.3 Å². The molecule has 1 aromatic rings. The van der Waals surface area contributed by atoms with Crippen LogP contribution >= 0.6 is 0 Å². The van der Waals surface area contributed by atoms with Gasteiger partial charge in [-0.1, -0.05) is 38.5 Å². The molecule has 1 aromatic carbocycles. The summed E-state index contributed by atoms with van der Waals surface area (Å²) in [5.74, 6) is 0. The highest BCUT2D eigenvalue weighted by Gasteiger charge is 2.12. The van der Waals surface area contributed by atoms with E-state index in [9.17, 15) is 0 Å². The molecule has 17 heavy (non-hydrogen) atoms. The SMILES string of the molecule is Cc1ccc(NCCN(C)CC(C)(C)C)cc1. The second-order valence-corrected chi connectivity index (χ2v) is 6.09. The molecular weight excluding hydrogens is 208 g/mol. The van der Waals surface area contributed by atoms with E-state index in [1.165, 1.54) is 11.3 Å². The van der Waals surface area contributed by atoms with Gasteiger partial charge in [0, 0.05) is 25.3 Å². The van der Waals surface area contributed by atoms with E-state index < -0.39 is 0 Å². The Morgan fingerprint density at radius 3 is 2.24 bits per heavy atom. The maximum Gasteiger partial charge on any atom is 0.0340 e. The fraction of sp³-hybridized carbons (Fsp3) is 0.600. The maximum absolute atomic E-state index is 3.45. The van der Waals surface area contributed by atoms with Crippen LogP contribution in [0.3, 0.4) is 0 Å². The molecule has 0 heterocycles. The van der Waals surface area contributed by atoms with Crippen LogP contribution in [0, 0.1) is 12.3 Å². The number of nitrogens with one attached hydrogen (secondary N) is 1. The van der Waals surface area contributed by atoms with Crippen molar-refractivity contribution in [2.45, 2.75) is 27.7 Å². The largest absolute Gasteiger partial charge is 0.384 e. The first-order valence-corrected chi connectivity index (χ1v) is 6.36. The summed E-state index contributed by atoms with van der Waals surface area (Å²) in [5.41, 5.74) is 2.89. The third-order valence-electron chi connectivity index (χ3n) is 2.62. The van der Waals surface area contributed by atoms with Crippen molar-refractivity contribution in [3.8, 4) is 0 Å². The molecule has 0 fully saturated rings. The second-order valence-electron chi connectivity index (χ2n) is 6.09. The number of nitrogens with zero attached hydrogens (tertiary/aromatic N) is 1. The van der Waals surface area contributed by atoms with E-state index in [4.69, 9.17) is 0 Å². The summed E-state index contributed by atoms with van der Waals surface area (Å²) in [5, 5.41) is 3.45. The quantitative estimate of drug-likeness (QED) is 0.840. The van der Waals surface area contributed by atoms with Crippen LogP contribution in [0.2, 0.25) is 0 Å². The van der Waals surface area contributed by atoms with E-state index in [2.05, 4.69) is 69.2 Å². The van der Waals surface area contributed by atoms with E-state index in [1.54, 1.807) is 0 Å². The van der Waals surface area contributed by atoms with E-state index in [1.807, 2.05) is 0 Å². The average Bonchev–Trinajstić information content (AvgIpc) is 2.18. The van der Waals surface area contributed by atoms with Crippen LogP contribution in [-0.2, 0) is 0 Å². The van der Waals surface area contributed by atoms with Crippen LogP contribution in [0.25, 0.3) is 0 Å². The van der Waals surface area contributed by atoms with Gasteiger partial charge in [-0.3, -0.25) is 0 Å². The fourth-order valence-electron chi connectivity index (χ4n) is 1.95. The molecule has 1 N–H and O–H groups in total. The van der Waals surface area contributed by atoms with Gasteiger partial charge in [0.15, 0.2) is 0 Å². The highest BCUT2D eigenvalue weighted by atomic mass is 15.1. The molecule has 0 aliphatic heterocycles. The lowest BCUT2D eigenvalue weighted by atomic mass is 9.96. The molecule has 0 saturated heterocycles. The maximum atomic E-state index is 3.45. The smallest absolute Gasteiger partial charge is 0.0340 e. The standard InChI is InChI=1S/C15H26N2/c1-13-6-8-14(9-7-13)16-10-11-17(5)12-15(2,3)4/h6-9,16H,10-12H2,1-5H3. The Morgan fingerprint density at radius 2 is 1.71 bits per heavy atom. The van der Waals surface area contributed by atoms with Crippen molar-refractivity contribution in [3.63, 3.8) is 0 Å². The number of rotatable bonds is 5. The minimum atomic E-state index is 0.374. The Labute approximate surface area is 106 Å². The Morgan fingerprint density at radius 1 is 1.12 bits per heavy atom. The first-order valence-electron chi connectivity index (χ1n) is 6.36. The van der Waals surface area contributed by atoms with Crippen molar-refractivity contribution in [2.75, 3.05) is 32.0 Å².